The molecule has 0 spiro atoms. The van der Waals surface area contributed by atoms with Crippen molar-refractivity contribution in [3.05, 3.63) is 76.2 Å². The highest BCUT2D eigenvalue weighted by atomic mass is 16.7. The van der Waals surface area contributed by atoms with Gasteiger partial charge < -0.3 is 20.1 Å². The van der Waals surface area contributed by atoms with E-state index in [-0.39, 0.29) is 31.4 Å². The number of ether oxygens (including phenoxy) is 2. The monoisotopic (exact) mass is 420 g/mol. The van der Waals surface area contributed by atoms with Gasteiger partial charge in [-0.25, -0.2) is 4.68 Å². The van der Waals surface area contributed by atoms with E-state index in [0.717, 1.165) is 10.2 Å². The van der Waals surface area contributed by atoms with Crippen molar-refractivity contribution in [3.8, 4) is 11.5 Å². The number of fused-ring (bicyclic) bond motifs is 1. The molecule has 0 radical (unpaired) electrons. The van der Waals surface area contributed by atoms with Gasteiger partial charge in [0.2, 0.25) is 12.7 Å². The number of benzene rings is 2. The summed E-state index contributed by atoms with van der Waals surface area (Å²) in [4.78, 5) is 36.9. The summed E-state index contributed by atoms with van der Waals surface area (Å²) in [6.07, 6.45) is 0.00427. The van der Waals surface area contributed by atoms with Crippen molar-refractivity contribution in [2.75, 3.05) is 17.4 Å². The molecule has 0 saturated carbocycles. The Morgan fingerprint density at radius 1 is 1.00 bits per heavy atom. The number of carbonyl (C=O) groups excluding carboxylic acids is 2. The fourth-order valence-corrected chi connectivity index (χ4v) is 3.05. The average molecular weight is 420 g/mol. The van der Waals surface area contributed by atoms with E-state index in [2.05, 4.69) is 15.7 Å². The molecule has 4 rings (SSSR count). The molecule has 31 heavy (non-hydrogen) atoms. The molecular formula is C22H20N4O5. The van der Waals surface area contributed by atoms with E-state index < -0.39 is 11.5 Å². The lowest BCUT2D eigenvalue weighted by Gasteiger charge is -2.09. The van der Waals surface area contributed by atoms with Crippen molar-refractivity contribution in [3.63, 3.8) is 0 Å². The first-order valence-electron chi connectivity index (χ1n) is 9.64. The van der Waals surface area contributed by atoms with Crippen molar-refractivity contribution in [2.45, 2.75) is 19.9 Å². The largest absolute Gasteiger partial charge is 0.454 e. The minimum absolute atomic E-state index is 0.00427. The Morgan fingerprint density at radius 3 is 2.65 bits per heavy atom. The quantitative estimate of drug-likeness (QED) is 0.634. The van der Waals surface area contributed by atoms with Crippen LogP contribution in [0.1, 0.15) is 22.5 Å². The van der Waals surface area contributed by atoms with Gasteiger partial charge in [0.05, 0.1) is 6.54 Å². The van der Waals surface area contributed by atoms with E-state index in [1.807, 2.05) is 25.1 Å². The molecule has 0 atom stereocenters. The van der Waals surface area contributed by atoms with Gasteiger partial charge in [0, 0.05) is 29.9 Å². The molecule has 0 saturated heterocycles. The van der Waals surface area contributed by atoms with Gasteiger partial charge in [-0.1, -0.05) is 12.1 Å². The van der Waals surface area contributed by atoms with E-state index in [1.165, 1.54) is 12.1 Å². The molecule has 3 aromatic rings. The fourth-order valence-electron chi connectivity index (χ4n) is 3.05. The van der Waals surface area contributed by atoms with Gasteiger partial charge in [0.25, 0.3) is 11.5 Å². The summed E-state index contributed by atoms with van der Waals surface area (Å²) < 4.78 is 11.6. The van der Waals surface area contributed by atoms with Crippen LogP contribution in [0.5, 0.6) is 11.5 Å². The highest BCUT2D eigenvalue weighted by Gasteiger charge is 2.15. The molecule has 0 aliphatic carbocycles. The number of hydrogen-bond donors (Lipinski definition) is 2. The first-order chi connectivity index (χ1) is 15.0. The Kier molecular flexibility index (Phi) is 5.65. The molecule has 158 valence electrons. The van der Waals surface area contributed by atoms with Crippen molar-refractivity contribution >= 4 is 23.2 Å². The predicted octanol–water partition coefficient (Wildman–Crippen LogP) is 2.56. The first kappa shape index (κ1) is 20.1. The molecule has 0 unspecified atom stereocenters. The summed E-state index contributed by atoms with van der Waals surface area (Å²) in [6, 6.07) is 15.0. The average Bonchev–Trinajstić information content (AvgIpc) is 3.21. The number of rotatable bonds is 6. The van der Waals surface area contributed by atoms with E-state index >= 15 is 0 Å². The van der Waals surface area contributed by atoms with Crippen LogP contribution in [0.25, 0.3) is 0 Å². The molecular weight excluding hydrogens is 400 g/mol. The third kappa shape index (κ3) is 4.89. The first-order valence-corrected chi connectivity index (χ1v) is 9.64. The molecule has 1 aliphatic heterocycles. The third-order valence-electron chi connectivity index (χ3n) is 4.58. The zero-order valence-corrected chi connectivity index (χ0v) is 16.8. The summed E-state index contributed by atoms with van der Waals surface area (Å²) >= 11 is 0. The Labute approximate surface area is 177 Å². The highest BCUT2D eigenvalue weighted by Crippen LogP contribution is 2.34. The SMILES string of the molecule is Cc1cccc(NC(=O)c2ccc(=O)n(CCC(=O)Nc3ccc4c(c3)OCO4)n2)c1. The zero-order chi connectivity index (χ0) is 21.8. The molecule has 2 N–H and O–H groups in total. The van der Waals surface area contributed by atoms with Crippen molar-refractivity contribution < 1.29 is 19.1 Å². The molecule has 9 nitrogen and oxygen atoms in total. The number of aryl methyl sites for hydroxylation is 2. The summed E-state index contributed by atoms with van der Waals surface area (Å²) in [5, 5.41) is 9.58. The van der Waals surface area contributed by atoms with Gasteiger partial charge in [-0.3, -0.25) is 14.4 Å². The Bertz CT molecular complexity index is 1200. The molecule has 2 aromatic carbocycles. The Hall–Kier alpha value is -4.14. The molecule has 0 fully saturated rings. The maximum atomic E-state index is 12.5. The summed E-state index contributed by atoms with van der Waals surface area (Å²) in [5.74, 6) is 0.434. The highest BCUT2D eigenvalue weighted by molar-refractivity contribution is 6.02. The van der Waals surface area contributed by atoms with Gasteiger partial charge in [-0.05, 0) is 42.8 Å². The zero-order valence-electron chi connectivity index (χ0n) is 16.8. The normalized spacial score (nSPS) is 11.8. The number of aromatic nitrogens is 2. The van der Waals surface area contributed by atoms with Gasteiger partial charge in [0.15, 0.2) is 11.5 Å². The van der Waals surface area contributed by atoms with Crippen molar-refractivity contribution in [1.29, 1.82) is 0 Å². The van der Waals surface area contributed by atoms with Crippen LogP contribution >= 0.6 is 0 Å². The van der Waals surface area contributed by atoms with Crippen LogP contribution in [0.3, 0.4) is 0 Å². The lowest BCUT2D eigenvalue weighted by molar-refractivity contribution is -0.116. The lowest BCUT2D eigenvalue weighted by Crippen LogP contribution is -2.28. The van der Waals surface area contributed by atoms with Crippen LogP contribution in [-0.4, -0.2) is 28.4 Å². The van der Waals surface area contributed by atoms with Crippen LogP contribution in [-0.2, 0) is 11.3 Å². The minimum Gasteiger partial charge on any atom is -0.454 e. The molecule has 1 aliphatic rings. The number of carbonyl (C=O) groups is 2. The number of nitrogens with one attached hydrogen (secondary N) is 2. The molecule has 2 heterocycles. The number of amides is 2. The second-order valence-electron chi connectivity index (χ2n) is 6.97. The fraction of sp³-hybridized carbons (Fsp3) is 0.182. The predicted molar refractivity (Wildman–Crippen MR) is 113 cm³/mol. The number of anilines is 2. The van der Waals surface area contributed by atoms with Gasteiger partial charge >= 0.3 is 0 Å². The topological polar surface area (TPSA) is 112 Å². The van der Waals surface area contributed by atoms with Gasteiger partial charge in [-0.2, -0.15) is 5.10 Å². The van der Waals surface area contributed by atoms with E-state index in [9.17, 15) is 14.4 Å². The van der Waals surface area contributed by atoms with Crippen LogP contribution in [0.15, 0.2) is 59.4 Å². The molecule has 0 bridgehead atoms. The van der Waals surface area contributed by atoms with Crippen LogP contribution in [0.2, 0.25) is 0 Å². The van der Waals surface area contributed by atoms with Gasteiger partial charge in [-0.15, -0.1) is 0 Å². The number of hydrogen-bond acceptors (Lipinski definition) is 6. The minimum atomic E-state index is -0.441. The number of nitrogens with zero attached hydrogens (tertiary/aromatic N) is 2. The molecule has 9 heteroatoms. The lowest BCUT2D eigenvalue weighted by atomic mass is 10.2. The molecule has 1 aromatic heterocycles. The summed E-state index contributed by atoms with van der Waals surface area (Å²) in [7, 11) is 0. The Balaban J connectivity index is 1.38. The van der Waals surface area contributed by atoms with E-state index in [0.29, 0.717) is 22.9 Å². The maximum Gasteiger partial charge on any atom is 0.276 e. The second kappa shape index (κ2) is 8.70. The van der Waals surface area contributed by atoms with Gasteiger partial charge in [0.1, 0.15) is 5.69 Å². The van der Waals surface area contributed by atoms with E-state index in [4.69, 9.17) is 9.47 Å². The summed E-state index contributed by atoms with van der Waals surface area (Å²) in [5.41, 5.74) is 1.87. The van der Waals surface area contributed by atoms with Crippen LogP contribution in [0, 0.1) is 6.92 Å². The van der Waals surface area contributed by atoms with Crippen molar-refractivity contribution in [2.24, 2.45) is 0 Å². The van der Waals surface area contributed by atoms with Crippen molar-refractivity contribution in [1.82, 2.24) is 9.78 Å². The summed E-state index contributed by atoms with van der Waals surface area (Å²) in [6.45, 7) is 2.10. The molecule has 2 amide bonds. The van der Waals surface area contributed by atoms with E-state index in [1.54, 1.807) is 24.3 Å². The Morgan fingerprint density at radius 2 is 1.81 bits per heavy atom. The second-order valence-corrected chi connectivity index (χ2v) is 6.97. The maximum absolute atomic E-state index is 12.5. The third-order valence-corrected chi connectivity index (χ3v) is 4.58. The smallest absolute Gasteiger partial charge is 0.276 e. The van der Waals surface area contributed by atoms with Crippen LogP contribution in [0.4, 0.5) is 11.4 Å². The van der Waals surface area contributed by atoms with Crippen LogP contribution < -0.4 is 25.7 Å². The standard InChI is InChI=1S/C22H20N4O5/c1-14-3-2-4-15(11-14)24-22(29)17-6-8-21(28)26(25-17)10-9-20(27)23-16-5-7-18-19(12-16)31-13-30-18/h2-8,11-12H,9-10,13H2,1H3,(H,23,27)(H,24,29).